The first-order chi connectivity index (χ1) is 6.29. The number of urea groups is 1. The molecule has 0 heterocycles. The molecule has 3 N–H and O–H groups in total. The fourth-order valence-electron chi connectivity index (χ4n) is 1.95. The molecule has 0 atom stereocenters. The van der Waals surface area contributed by atoms with Crippen molar-refractivity contribution in [1.29, 1.82) is 0 Å². The van der Waals surface area contributed by atoms with Gasteiger partial charge in [0.2, 0.25) is 0 Å². The number of nitrogens with two attached hydrogens (primary N) is 1. The van der Waals surface area contributed by atoms with E-state index in [-0.39, 0.29) is 6.03 Å². The lowest BCUT2D eigenvalue weighted by molar-refractivity contribution is 0.179. The van der Waals surface area contributed by atoms with Crippen LogP contribution in [0.1, 0.15) is 25.7 Å². The first kappa shape index (κ1) is 10.3. The van der Waals surface area contributed by atoms with Crippen molar-refractivity contribution in [3.05, 3.63) is 0 Å². The van der Waals surface area contributed by atoms with E-state index in [0.717, 1.165) is 12.8 Å². The van der Waals surface area contributed by atoms with E-state index >= 15 is 0 Å². The van der Waals surface area contributed by atoms with E-state index < -0.39 is 0 Å². The third kappa shape index (κ3) is 2.59. The van der Waals surface area contributed by atoms with Crippen molar-refractivity contribution in [2.45, 2.75) is 31.7 Å². The maximum absolute atomic E-state index is 11.4. The van der Waals surface area contributed by atoms with Gasteiger partial charge >= 0.3 is 6.03 Å². The molecule has 1 saturated carbocycles. The standard InChI is InChI=1S/C9H19N3O/c1-11-9(13)12(7-6-10)8-4-2-3-5-8/h8H,2-7,10H2,1H3,(H,11,13). The Kier molecular flexibility index (Phi) is 4.02. The minimum Gasteiger partial charge on any atom is -0.341 e. The lowest BCUT2D eigenvalue weighted by Gasteiger charge is -2.27. The third-order valence-electron chi connectivity index (χ3n) is 2.61. The van der Waals surface area contributed by atoms with Crippen molar-refractivity contribution < 1.29 is 4.79 Å². The summed E-state index contributed by atoms with van der Waals surface area (Å²) in [6, 6.07) is 0.431. The summed E-state index contributed by atoms with van der Waals surface area (Å²) in [5, 5.41) is 2.66. The normalized spacial score (nSPS) is 17.4. The van der Waals surface area contributed by atoms with Gasteiger partial charge in [-0.2, -0.15) is 0 Å². The highest BCUT2D eigenvalue weighted by atomic mass is 16.2. The van der Waals surface area contributed by atoms with Crippen LogP contribution in [0, 0.1) is 0 Å². The molecule has 0 bridgehead atoms. The van der Waals surface area contributed by atoms with Crippen LogP contribution < -0.4 is 11.1 Å². The van der Waals surface area contributed by atoms with Crippen LogP contribution in [0.25, 0.3) is 0 Å². The van der Waals surface area contributed by atoms with E-state index in [1.165, 1.54) is 12.8 Å². The third-order valence-corrected chi connectivity index (χ3v) is 2.61. The van der Waals surface area contributed by atoms with E-state index in [0.29, 0.717) is 19.1 Å². The number of carbonyl (C=O) groups excluding carboxylic acids is 1. The van der Waals surface area contributed by atoms with Gasteiger partial charge in [0, 0.05) is 26.2 Å². The summed E-state index contributed by atoms with van der Waals surface area (Å²) in [6.45, 7) is 1.22. The quantitative estimate of drug-likeness (QED) is 0.674. The molecule has 0 unspecified atom stereocenters. The average molecular weight is 185 g/mol. The zero-order valence-corrected chi connectivity index (χ0v) is 8.25. The zero-order chi connectivity index (χ0) is 9.68. The Morgan fingerprint density at radius 3 is 2.62 bits per heavy atom. The number of nitrogens with zero attached hydrogens (tertiary/aromatic N) is 1. The van der Waals surface area contributed by atoms with Gasteiger partial charge in [-0.3, -0.25) is 0 Å². The highest BCUT2D eigenvalue weighted by Gasteiger charge is 2.24. The summed E-state index contributed by atoms with van der Waals surface area (Å²) in [6.07, 6.45) is 4.74. The van der Waals surface area contributed by atoms with Crippen LogP contribution in [0.3, 0.4) is 0 Å². The molecule has 0 radical (unpaired) electrons. The number of amides is 2. The van der Waals surface area contributed by atoms with Crippen molar-refractivity contribution in [1.82, 2.24) is 10.2 Å². The molecule has 0 saturated heterocycles. The minimum atomic E-state index is 0.0114. The van der Waals surface area contributed by atoms with Crippen molar-refractivity contribution in [2.75, 3.05) is 20.1 Å². The summed E-state index contributed by atoms with van der Waals surface area (Å²) < 4.78 is 0. The Labute approximate surface area is 79.5 Å². The molecule has 0 aliphatic heterocycles. The summed E-state index contributed by atoms with van der Waals surface area (Å²) in [4.78, 5) is 13.3. The monoisotopic (exact) mass is 185 g/mol. The Balaban J connectivity index is 2.49. The SMILES string of the molecule is CNC(=O)N(CCN)C1CCCC1. The second-order valence-electron chi connectivity index (χ2n) is 3.48. The molecule has 0 aromatic rings. The van der Waals surface area contributed by atoms with Crippen molar-refractivity contribution in [3.63, 3.8) is 0 Å². The Hall–Kier alpha value is -0.770. The number of hydrogen-bond acceptors (Lipinski definition) is 2. The molecular weight excluding hydrogens is 166 g/mol. The summed E-state index contributed by atoms with van der Waals surface area (Å²) in [7, 11) is 1.67. The molecule has 1 rings (SSSR count). The van der Waals surface area contributed by atoms with Gasteiger partial charge in [-0.1, -0.05) is 12.8 Å². The molecule has 4 nitrogen and oxygen atoms in total. The van der Waals surface area contributed by atoms with Crippen molar-refractivity contribution in [3.8, 4) is 0 Å². The maximum Gasteiger partial charge on any atom is 0.317 e. The maximum atomic E-state index is 11.4. The van der Waals surface area contributed by atoms with Gasteiger partial charge in [0.1, 0.15) is 0 Å². The van der Waals surface area contributed by atoms with Crippen molar-refractivity contribution in [2.24, 2.45) is 5.73 Å². The lowest BCUT2D eigenvalue weighted by Crippen LogP contribution is -2.46. The fraction of sp³-hybridized carbons (Fsp3) is 0.889. The Bertz CT molecular complexity index is 166. The number of nitrogens with one attached hydrogen (secondary N) is 1. The number of rotatable bonds is 3. The lowest BCUT2D eigenvalue weighted by atomic mass is 10.2. The van der Waals surface area contributed by atoms with Gasteiger partial charge in [-0.05, 0) is 12.8 Å². The summed E-state index contributed by atoms with van der Waals surface area (Å²) >= 11 is 0. The van der Waals surface area contributed by atoms with Gasteiger partial charge in [0.25, 0.3) is 0 Å². The first-order valence-corrected chi connectivity index (χ1v) is 4.98. The van der Waals surface area contributed by atoms with Crippen LogP contribution in [-0.4, -0.2) is 37.1 Å². The predicted molar refractivity (Wildman–Crippen MR) is 52.5 cm³/mol. The molecule has 1 fully saturated rings. The van der Waals surface area contributed by atoms with Gasteiger partial charge in [-0.15, -0.1) is 0 Å². The van der Waals surface area contributed by atoms with Crippen LogP contribution in [0.15, 0.2) is 0 Å². The van der Waals surface area contributed by atoms with Gasteiger partial charge in [0.05, 0.1) is 0 Å². The minimum absolute atomic E-state index is 0.0114. The second-order valence-corrected chi connectivity index (χ2v) is 3.48. The van der Waals surface area contributed by atoms with E-state index in [4.69, 9.17) is 5.73 Å². The van der Waals surface area contributed by atoms with Crippen molar-refractivity contribution >= 4 is 6.03 Å². The Morgan fingerprint density at radius 1 is 1.54 bits per heavy atom. The van der Waals surface area contributed by atoms with Gasteiger partial charge in [0.15, 0.2) is 0 Å². The van der Waals surface area contributed by atoms with Crippen LogP contribution in [0.5, 0.6) is 0 Å². The second kappa shape index (κ2) is 5.07. The summed E-state index contributed by atoms with van der Waals surface area (Å²) in [5.41, 5.74) is 5.47. The highest BCUT2D eigenvalue weighted by molar-refractivity contribution is 5.74. The van der Waals surface area contributed by atoms with E-state index in [1.54, 1.807) is 7.05 Å². The molecule has 2 amide bonds. The first-order valence-electron chi connectivity index (χ1n) is 4.98. The fourth-order valence-corrected chi connectivity index (χ4v) is 1.95. The molecule has 76 valence electrons. The van der Waals surface area contributed by atoms with E-state index in [2.05, 4.69) is 5.32 Å². The van der Waals surface area contributed by atoms with Crippen LogP contribution in [0.2, 0.25) is 0 Å². The zero-order valence-electron chi connectivity index (χ0n) is 8.25. The summed E-state index contributed by atoms with van der Waals surface area (Å²) in [5.74, 6) is 0. The molecule has 1 aliphatic rings. The largest absolute Gasteiger partial charge is 0.341 e. The average Bonchev–Trinajstić information content (AvgIpc) is 2.65. The molecule has 0 spiro atoms. The van der Waals surface area contributed by atoms with Gasteiger partial charge in [-0.25, -0.2) is 4.79 Å². The molecular formula is C9H19N3O. The molecule has 0 aromatic heterocycles. The Morgan fingerprint density at radius 2 is 2.15 bits per heavy atom. The van der Waals surface area contributed by atoms with Gasteiger partial charge < -0.3 is 16.0 Å². The van der Waals surface area contributed by atoms with Crippen LogP contribution in [-0.2, 0) is 0 Å². The van der Waals surface area contributed by atoms with E-state index in [1.807, 2.05) is 4.90 Å². The van der Waals surface area contributed by atoms with Crippen LogP contribution in [0.4, 0.5) is 4.79 Å². The van der Waals surface area contributed by atoms with Crippen LogP contribution >= 0.6 is 0 Å². The molecule has 1 aliphatic carbocycles. The predicted octanol–water partition coefficient (Wildman–Crippen LogP) is 0.529. The smallest absolute Gasteiger partial charge is 0.317 e. The number of hydrogen-bond donors (Lipinski definition) is 2. The molecule has 4 heteroatoms. The highest BCUT2D eigenvalue weighted by Crippen LogP contribution is 2.22. The topological polar surface area (TPSA) is 58.4 Å². The van der Waals surface area contributed by atoms with E-state index in [9.17, 15) is 4.79 Å². The number of carbonyl (C=O) groups is 1. The molecule has 13 heavy (non-hydrogen) atoms. The molecule has 0 aromatic carbocycles.